The summed E-state index contributed by atoms with van der Waals surface area (Å²) in [5.41, 5.74) is 1.95. The maximum Gasteiger partial charge on any atom is 0.0914 e. The van der Waals surface area contributed by atoms with Crippen LogP contribution in [0.2, 0.25) is 10.0 Å². The van der Waals surface area contributed by atoms with E-state index < -0.39 is 6.10 Å². The fourth-order valence-electron chi connectivity index (χ4n) is 1.98. The van der Waals surface area contributed by atoms with Crippen molar-refractivity contribution in [2.24, 2.45) is 0 Å². The van der Waals surface area contributed by atoms with Gasteiger partial charge in [-0.1, -0.05) is 47.5 Å². The van der Waals surface area contributed by atoms with Crippen molar-refractivity contribution in [1.82, 2.24) is 5.32 Å². The molecular formula is C16H17Cl2NO. The summed E-state index contributed by atoms with van der Waals surface area (Å²) in [5, 5.41) is 14.8. The molecule has 0 aliphatic heterocycles. The zero-order chi connectivity index (χ0) is 14.5. The van der Waals surface area contributed by atoms with Gasteiger partial charge >= 0.3 is 0 Å². The van der Waals surface area contributed by atoms with Crippen LogP contribution >= 0.6 is 23.2 Å². The summed E-state index contributed by atoms with van der Waals surface area (Å²) in [4.78, 5) is 0. The van der Waals surface area contributed by atoms with Crippen LogP contribution in [0.5, 0.6) is 0 Å². The van der Waals surface area contributed by atoms with Crippen molar-refractivity contribution in [3.8, 4) is 0 Å². The second-order valence-electron chi connectivity index (χ2n) is 4.75. The van der Waals surface area contributed by atoms with Gasteiger partial charge < -0.3 is 10.4 Å². The van der Waals surface area contributed by atoms with Gasteiger partial charge in [-0.25, -0.2) is 0 Å². The van der Waals surface area contributed by atoms with Crippen molar-refractivity contribution in [3.05, 3.63) is 69.7 Å². The molecule has 0 bridgehead atoms. The lowest BCUT2D eigenvalue weighted by atomic mass is 10.1. The van der Waals surface area contributed by atoms with Crippen molar-refractivity contribution in [1.29, 1.82) is 0 Å². The summed E-state index contributed by atoms with van der Waals surface area (Å²) < 4.78 is 0. The number of nitrogens with one attached hydrogen (secondary N) is 1. The minimum atomic E-state index is -0.561. The molecule has 2 rings (SSSR count). The molecule has 0 spiro atoms. The summed E-state index contributed by atoms with van der Waals surface area (Å²) in [6.45, 7) is 2.51. The quantitative estimate of drug-likeness (QED) is 0.859. The van der Waals surface area contributed by atoms with Gasteiger partial charge in [-0.05, 0) is 42.3 Å². The summed E-state index contributed by atoms with van der Waals surface area (Å²) in [6.07, 6.45) is -0.561. The molecule has 1 unspecified atom stereocenters. The molecule has 2 nitrogen and oxygen atoms in total. The highest BCUT2D eigenvalue weighted by atomic mass is 35.5. The van der Waals surface area contributed by atoms with Crippen molar-refractivity contribution in [2.45, 2.75) is 19.1 Å². The Labute approximate surface area is 129 Å². The Morgan fingerprint density at radius 2 is 1.70 bits per heavy atom. The molecule has 2 aromatic carbocycles. The predicted octanol–water partition coefficient (Wildman–Crippen LogP) is 4.38. The average Bonchev–Trinajstić information content (AvgIpc) is 2.45. The first-order valence-corrected chi connectivity index (χ1v) is 7.24. The summed E-state index contributed by atoms with van der Waals surface area (Å²) in [6, 6.07) is 15.0. The summed E-state index contributed by atoms with van der Waals surface area (Å²) in [7, 11) is 0. The summed E-state index contributed by atoms with van der Waals surface area (Å²) in [5.74, 6) is 0. The van der Waals surface area contributed by atoms with E-state index in [9.17, 15) is 5.11 Å². The van der Waals surface area contributed by atoms with Crippen LogP contribution in [0.3, 0.4) is 0 Å². The fraction of sp³-hybridized carbons (Fsp3) is 0.250. The van der Waals surface area contributed by atoms with Crippen molar-refractivity contribution in [2.75, 3.05) is 6.54 Å². The first kappa shape index (κ1) is 15.3. The second kappa shape index (κ2) is 7.09. The highest BCUT2D eigenvalue weighted by molar-refractivity contribution is 6.30. The molecule has 4 heteroatoms. The van der Waals surface area contributed by atoms with E-state index >= 15 is 0 Å². The standard InChI is InChI=1S/C16H17Cl2NO/c1-11(13-3-2-4-15(18)9-13)19-10-16(20)12-5-7-14(17)8-6-12/h2-9,11,16,19-20H,10H2,1H3/t11-,16?/m1/s1. The van der Waals surface area contributed by atoms with Gasteiger partial charge in [-0.2, -0.15) is 0 Å². The highest BCUT2D eigenvalue weighted by Gasteiger charge is 2.10. The molecule has 0 aromatic heterocycles. The van der Waals surface area contributed by atoms with Gasteiger partial charge in [0.2, 0.25) is 0 Å². The molecule has 0 aliphatic carbocycles. The van der Waals surface area contributed by atoms with E-state index in [0.717, 1.165) is 16.1 Å². The van der Waals surface area contributed by atoms with Crippen molar-refractivity contribution in [3.63, 3.8) is 0 Å². The molecule has 0 saturated heterocycles. The number of hydrogen-bond acceptors (Lipinski definition) is 2. The van der Waals surface area contributed by atoms with Gasteiger partial charge in [0.05, 0.1) is 6.10 Å². The molecule has 2 aromatic rings. The van der Waals surface area contributed by atoms with Crippen molar-refractivity contribution < 1.29 is 5.11 Å². The maximum absolute atomic E-state index is 10.1. The Morgan fingerprint density at radius 1 is 1.00 bits per heavy atom. The number of benzene rings is 2. The molecular weight excluding hydrogens is 293 g/mol. The van der Waals surface area contributed by atoms with E-state index in [1.807, 2.05) is 43.3 Å². The monoisotopic (exact) mass is 309 g/mol. The van der Waals surface area contributed by atoms with Gasteiger partial charge in [-0.3, -0.25) is 0 Å². The number of aliphatic hydroxyl groups is 1. The normalized spacial score (nSPS) is 14.0. The van der Waals surface area contributed by atoms with Crippen LogP contribution in [0.4, 0.5) is 0 Å². The second-order valence-corrected chi connectivity index (χ2v) is 5.63. The van der Waals surface area contributed by atoms with E-state index in [1.165, 1.54) is 0 Å². The van der Waals surface area contributed by atoms with E-state index in [0.29, 0.717) is 11.6 Å². The third-order valence-electron chi connectivity index (χ3n) is 3.22. The molecule has 0 radical (unpaired) electrons. The average molecular weight is 310 g/mol. The highest BCUT2D eigenvalue weighted by Crippen LogP contribution is 2.19. The fourth-order valence-corrected chi connectivity index (χ4v) is 2.31. The van der Waals surface area contributed by atoms with Gasteiger partial charge in [0.25, 0.3) is 0 Å². The molecule has 0 fully saturated rings. The van der Waals surface area contributed by atoms with Gasteiger partial charge in [0, 0.05) is 22.6 Å². The van der Waals surface area contributed by atoms with Gasteiger partial charge in [0.15, 0.2) is 0 Å². The van der Waals surface area contributed by atoms with Crippen LogP contribution in [0, 0.1) is 0 Å². The maximum atomic E-state index is 10.1. The summed E-state index contributed by atoms with van der Waals surface area (Å²) >= 11 is 11.8. The first-order valence-electron chi connectivity index (χ1n) is 6.48. The molecule has 0 heterocycles. The lowest BCUT2D eigenvalue weighted by Gasteiger charge is -2.18. The van der Waals surface area contributed by atoms with Crippen molar-refractivity contribution >= 4 is 23.2 Å². The number of rotatable bonds is 5. The van der Waals surface area contributed by atoms with E-state index in [4.69, 9.17) is 23.2 Å². The lowest BCUT2D eigenvalue weighted by molar-refractivity contribution is 0.171. The minimum absolute atomic E-state index is 0.121. The molecule has 0 amide bonds. The van der Waals surface area contributed by atoms with Crippen LogP contribution in [0.25, 0.3) is 0 Å². The predicted molar refractivity (Wildman–Crippen MR) is 84.3 cm³/mol. The minimum Gasteiger partial charge on any atom is -0.387 e. The van der Waals surface area contributed by atoms with E-state index in [1.54, 1.807) is 12.1 Å². The molecule has 0 aliphatic rings. The van der Waals surface area contributed by atoms with Crippen LogP contribution in [-0.4, -0.2) is 11.7 Å². The molecule has 20 heavy (non-hydrogen) atoms. The first-order chi connectivity index (χ1) is 9.56. The Kier molecular flexibility index (Phi) is 5.44. The number of halogens is 2. The molecule has 106 valence electrons. The van der Waals surface area contributed by atoms with Crippen LogP contribution in [0.1, 0.15) is 30.2 Å². The SMILES string of the molecule is C[C@@H](NCC(O)c1ccc(Cl)cc1)c1cccc(Cl)c1. The third-order valence-corrected chi connectivity index (χ3v) is 3.71. The van der Waals surface area contributed by atoms with Crippen LogP contribution in [-0.2, 0) is 0 Å². The Balaban J connectivity index is 1.93. The Bertz CT molecular complexity index is 557. The van der Waals surface area contributed by atoms with Crippen LogP contribution < -0.4 is 5.32 Å². The lowest BCUT2D eigenvalue weighted by Crippen LogP contribution is -2.24. The molecule has 2 N–H and O–H groups in total. The van der Waals surface area contributed by atoms with Gasteiger partial charge in [-0.15, -0.1) is 0 Å². The molecule has 0 saturated carbocycles. The zero-order valence-electron chi connectivity index (χ0n) is 11.2. The van der Waals surface area contributed by atoms with Gasteiger partial charge in [0.1, 0.15) is 0 Å². The van der Waals surface area contributed by atoms with E-state index in [2.05, 4.69) is 5.32 Å². The molecule has 2 atom stereocenters. The largest absolute Gasteiger partial charge is 0.387 e. The van der Waals surface area contributed by atoms with E-state index in [-0.39, 0.29) is 6.04 Å². The number of hydrogen-bond donors (Lipinski definition) is 2. The Morgan fingerprint density at radius 3 is 2.35 bits per heavy atom. The zero-order valence-corrected chi connectivity index (χ0v) is 12.7. The smallest absolute Gasteiger partial charge is 0.0914 e. The number of aliphatic hydroxyl groups excluding tert-OH is 1. The van der Waals surface area contributed by atoms with Crippen LogP contribution in [0.15, 0.2) is 48.5 Å². The topological polar surface area (TPSA) is 32.3 Å². The third kappa shape index (κ3) is 4.22. The Hall–Kier alpha value is -1.06.